The fourth-order valence-electron chi connectivity index (χ4n) is 1.80. The number of amides is 1. The molecule has 1 amide bonds. The molecule has 0 bridgehead atoms. The Morgan fingerprint density at radius 2 is 2.22 bits per heavy atom. The van der Waals surface area contributed by atoms with Crippen LogP contribution in [0.5, 0.6) is 0 Å². The minimum absolute atomic E-state index is 0.0951. The zero-order chi connectivity index (χ0) is 14.0. The molecule has 1 aliphatic rings. The lowest BCUT2D eigenvalue weighted by molar-refractivity contribution is 0.0250. The smallest absolute Gasteiger partial charge is 0.410 e. The summed E-state index contributed by atoms with van der Waals surface area (Å²) in [5.41, 5.74) is 6.06. The standard InChI is InChI=1S/C11H19FN4O2/c1-8(14-15-13)11(12)5-6-16(7-11)9(17)18-10(2,3)4/h8H,5-7H2,1-4H3. The number of ether oxygens (including phenoxy) is 1. The van der Waals surface area contributed by atoms with E-state index in [1.54, 1.807) is 20.8 Å². The number of alkyl halides is 1. The molecule has 2 unspecified atom stereocenters. The number of hydrogen-bond donors (Lipinski definition) is 0. The van der Waals surface area contributed by atoms with Gasteiger partial charge in [0.1, 0.15) is 11.3 Å². The molecule has 0 saturated carbocycles. The number of hydrogen-bond acceptors (Lipinski definition) is 3. The predicted octanol–water partition coefficient (Wildman–Crippen LogP) is 3.03. The van der Waals surface area contributed by atoms with E-state index in [2.05, 4.69) is 10.0 Å². The maximum absolute atomic E-state index is 14.4. The molecular formula is C11H19FN4O2. The number of azide groups is 1. The van der Waals surface area contributed by atoms with Crippen molar-refractivity contribution in [1.29, 1.82) is 0 Å². The molecule has 0 aromatic carbocycles. The van der Waals surface area contributed by atoms with Crippen molar-refractivity contribution in [1.82, 2.24) is 4.90 Å². The summed E-state index contributed by atoms with van der Waals surface area (Å²) in [7, 11) is 0. The fraction of sp³-hybridized carbons (Fsp3) is 0.909. The monoisotopic (exact) mass is 258 g/mol. The van der Waals surface area contributed by atoms with Crippen LogP contribution < -0.4 is 0 Å². The van der Waals surface area contributed by atoms with E-state index in [1.165, 1.54) is 11.8 Å². The van der Waals surface area contributed by atoms with Crippen molar-refractivity contribution < 1.29 is 13.9 Å². The number of halogens is 1. The van der Waals surface area contributed by atoms with E-state index in [-0.39, 0.29) is 19.5 Å². The van der Waals surface area contributed by atoms with Crippen LogP contribution in [-0.2, 0) is 4.74 Å². The molecule has 1 saturated heterocycles. The van der Waals surface area contributed by atoms with Crippen molar-refractivity contribution >= 4 is 6.09 Å². The minimum Gasteiger partial charge on any atom is -0.444 e. The molecule has 18 heavy (non-hydrogen) atoms. The second-order valence-electron chi connectivity index (χ2n) is 5.57. The lowest BCUT2D eigenvalue weighted by Crippen LogP contribution is -2.41. The summed E-state index contributed by atoms with van der Waals surface area (Å²) in [6.45, 7) is 6.96. The van der Waals surface area contributed by atoms with E-state index >= 15 is 0 Å². The molecule has 0 aromatic heterocycles. The highest BCUT2D eigenvalue weighted by Gasteiger charge is 2.45. The number of carbonyl (C=O) groups is 1. The van der Waals surface area contributed by atoms with Crippen molar-refractivity contribution in [2.24, 2.45) is 5.11 Å². The Bertz CT molecular complexity index is 376. The van der Waals surface area contributed by atoms with Gasteiger partial charge in [-0.25, -0.2) is 9.18 Å². The molecule has 0 aromatic rings. The van der Waals surface area contributed by atoms with E-state index in [1.807, 2.05) is 0 Å². The Hall–Kier alpha value is -1.49. The zero-order valence-electron chi connectivity index (χ0n) is 11.2. The summed E-state index contributed by atoms with van der Waals surface area (Å²) in [4.78, 5) is 15.7. The van der Waals surface area contributed by atoms with E-state index in [4.69, 9.17) is 10.3 Å². The third kappa shape index (κ3) is 3.50. The van der Waals surface area contributed by atoms with Gasteiger partial charge in [-0.05, 0) is 26.3 Å². The molecule has 1 rings (SSSR count). The summed E-state index contributed by atoms with van der Waals surface area (Å²) in [5, 5.41) is 3.37. The van der Waals surface area contributed by atoms with Gasteiger partial charge in [-0.15, -0.1) is 0 Å². The molecule has 7 heteroatoms. The number of likely N-dealkylation sites (tertiary alicyclic amines) is 1. The molecule has 0 radical (unpaired) electrons. The number of carbonyl (C=O) groups excluding carboxylic acids is 1. The second kappa shape index (κ2) is 5.02. The topological polar surface area (TPSA) is 78.3 Å². The van der Waals surface area contributed by atoms with Gasteiger partial charge < -0.3 is 9.64 Å². The van der Waals surface area contributed by atoms with Crippen molar-refractivity contribution in [3.63, 3.8) is 0 Å². The van der Waals surface area contributed by atoms with Gasteiger partial charge in [0, 0.05) is 17.9 Å². The molecule has 0 aliphatic carbocycles. The summed E-state index contributed by atoms with van der Waals surface area (Å²) in [6.07, 6.45) is -0.373. The molecule has 0 spiro atoms. The maximum atomic E-state index is 14.4. The highest BCUT2D eigenvalue weighted by molar-refractivity contribution is 5.68. The largest absolute Gasteiger partial charge is 0.444 e. The van der Waals surface area contributed by atoms with Gasteiger partial charge in [0.25, 0.3) is 0 Å². The molecule has 1 fully saturated rings. The highest BCUT2D eigenvalue weighted by Crippen LogP contribution is 2.31. The van der Waals surface area contributed by atoms with Gasteiger partial charge in [0.2, 0.25) is 0 Å². The van der Waals surface area contributed by atoms with Crippen LogP contribution in [0.2, 0.25) is 0 Å². The van der Waals surface area contributed by atoms with Gasteiger partial charge >= 0.3 is 6.09 Å². The van der Waals surface area contributed by atoms with E-state index in [0.717, 1.165) is 0 Å². The van der Waals surface area contributed by atoms with Crippen LogP contribution in [0.4, 0.5) is 9.18 Å². The third-order valence-electron chi connectivity index (χ3n) is 2.88. The van der Waals surface area contributed by atoms with Crippen molar-refractivity contribution in [3.8, 4) is 0 Å². The van der Waals surface area contributed by atoms with Gasteiger partial charge in [0.05, 0.1) is 12.6 Å². The average Bonchev–Trinajstić information content (AvgIpc) is 2.60. The molecule has 102 valence electrons. The van der Waals surface area contributed by atoms with Crippen LogP contribution in [0.25, 0.3) is 10.4 Å². The van der Waals surface area contributed by atoms with Crippen molar-refractivity contribution in [2.45, 2.75) is 51.4 Å². The van der Waals surface area contributed by atoms with Crippen LogP contribution in [0.1, 0.15) is 34.1 Å². The normalized spacial score (nSPS) is 25.5. The predicted molar refractivity (Wildman–Crippen MR) is 64.9 cm³/mol. The lowest BCUT2D eigenvalue weighted by atomic mass is 9.98. The fourth-order valence-corrected chi connectivity index (χ4v) is 1.80. The first kappa shape index (κ1) is 14.6. The highest BCUT2D eigenvalue weighted by atomic mass is 19.1. The molecular weight excluding hydrogens is 239 g/mol. The Kier molecular flexibility index (Phi) is 4.06. The Morgan fingerprint density at radius 1 is 1.61 bits per heavy atom. The van der Waals surface area contributed by atoms with E-state index in [9.17, 15) is 9.18 Å². The van der Waals surface area contributed by atoms with E-state index < -0.39 is 23.4 Å². The summed E-state index contributed by atoms with van der Waals surface area (Å²) >= 11 is 0. The van der Waals surface area contributed by atoms with E-state index in [0.29, 0.717) is 0 Å². The SMILES string of the molecule is CC(N=[N+]=[N-])C1(F)CCN(C(=O)OC(C)(C)C)C1. The zero-order valence-corrected chi connectivity index (χ0v) is 11.2. The Morgan fingerprint density at radius 3 is 2.72 bits per heavy atom. The molecule has 0 N–H and O–H groups in total. The van der Waals surface area contributed by atoms with Gasteiger partial charge in [-0.1, -0.05) is 12.0 Å². The van der Waals surface area contributed by atoms with Crippen LogP contribution in [-0.4, -0.2) is 41.4 Å². The van der Waals surface area contributed by atoms with Gasteiger partial charge in [0.15, 0.2) is 0 Å². The molecule has 6 nitrogen and oxygen atoms in total. The first-order chi connectivity index (χ1) is 8.18. The van der Waals surface area contributed by atoms with Gasteiger partial charge in [-0.2, -0.15) is 0 Å². The minimum atomic E-state index is -1.66. The van der Waals surface area contributed by atoms with Crippen LogP contribution in [0, 0.1) is 0 Å². The maximum Gasteiger partial charge on any atom is 0.410 e. The van der Waals surface area contributed by atoms with Crippen molar-refractivity contribution in [3.05, 3.63) is 10.4 Å². The number of rotatable bonds is 2. The third-order valence-corrected chi connectivity index (χ3v) is 2.88. The number of nitrogens with zero attached hydrogens (tertiary/aromatic N) is 4. The Balaban J connectivity index is 2.65. The van der Waals surface area contributed by atoms with Crippen LogP contribution in [0.15, 0.2) is 5.11 Å². The average molecular weight is 258 g/mol. The Labute approximate surface area is 106 Å². The van der Waals surface area contributed by atoms with Gasteiger partial charge in [-0.3, -0.25) is 0 Å². The van der Waals surface area contributed by atoms with Crippen molar-refractivity contribution in [2.75, 3.05) is 13.1 Å². The summed E-state index contributed by atoms with van der Waals surface area (Å²) in [6, 6.07) is -0.796. The van der Waals surface area contributed by atoms with Crippen LogP contribution in [0.3, 0.4) is 0 Å². The van der Waals surface area contributed by atoms with Crippen LogP contribution >= 0.6 is 0 Å². The second-order valence-corrected chi connectivity index (χ2v) is 5.57. The molecule has 2 atom stereocenters. The molecule has 1 heterocycles. The summed E-state index contributed by atoms with van der Waals surface area (Å²) < 4.78 is 19.6. The summed E-state index contributed by atoms with van der Waals surface area (Å²) in [5.74, 6) is 0. The first-order valence-corrected chi connectivity index (χ1v) is 5.89. The first-order valence-electron chi connectivity index (χ1n) is 5.89. The molecule has 1 aliphatic heterocycles. The lowest BCUT2D eigenvalue weighted by Gasteiger charge is -2.26. The quantitative estimate of drug-likeness (QED) is 0.433.